The van der Waals surface area contributed by atoms with Crippen molar-refractivity contribution in [3.05, 3.63) is 58.2 Å². The van der Waals surface area contributed by atoms with E-state index in [9.17, 15) is 0 Å². The number of nitrogens with one attached hydrogen (secondary N) is 1. The second-order valence-corrected chi connectivity index (χ2v) is 7.51. The van der Waals surface area contributed by atoms with Crippen molar-refractivity contribution in [3.63, 3.8) is 0 Å². The number of H-pyrrole nitrogens is 1. The van der Waals surface area contributed by atoms with Crippen molar-refractivity contribution in [2.24, 2.45) is 0 Å². The molecule has 0 saturated carbocycles. The summed E-state index contributed by atoms with van der Waals surface area (Å²) >= 11 is 7.12. The molecule has 1 atom stereocenters. The minimum absolute atomic E-state index is 0.572. The zero-order chi connectivity index (χ0) is 16.4. The molecule has 0 amide bonds. The highest BCUT2D eigenvalue weighted by Gasteiger charge is 2.25. The van der Waals surface area contributed by atoms with Gasteiger partial charge in [-0.05, 0) is 48.5 Å². The van der Waals surface area contributed by atoms with Crippen LogP contribution < -0.4 is 0 Å². The molecule has 1 saturated heterocycles. The normalized spacial score (nSPS) is 18.2. The first kappa shape index (κ1) is 15.7. The smallest absolute Gasteiger partial charge is 0.217 e. The van der Waals surface area contributed by atoms with E-state index in [-0.39, 0.29) is 0 Å². The summed E-state index contributed by atoms with van der Waals surface area (Å²) in [6.07, 6.45) is 3.59. The average Bonchev–Trinajstić information content (AvgIpc) is 3.32. The molecule has 0 radical (unpaired) electrons. The van der Waals surface area contributed by atoms with Crippen LogP contribution in [0.4, 0.5) is 0 Å². The fourth-order valence-electron chi connectivity index (χ4n) is 3.36. The fourth-order valence-corrected chi connectivity index (χ4v) is 4.21. The van der Waals surface area contributed by atoms with Gasteiger partial charge in [0, 0.05) is 12.6 Å². The Hall–Kier alpha value is -1.76. The van der Waals surface area contributed by atoms with E-state index in [4.69, 9.17) is 12.2 Å². The molecule has 3 heterocycles. The number of hydrogen-bond acceptors (Lipinski definition) is 4. The molecule has 1 aliphatic heterocycles. The van der Waals surface area contributed by atoms with Gasteiger partial charge in [0.2, 0.25) is 4.77 Å². The zero-order valence-electron chi connectivity index (χ0n) is 13.4. The number of aromatic amines is 1. The van der Waals surface area contributed by atoms with Crippen molar-refractivity contribution in [1.29, 1.82) is 0 Å². The van der Waals surface area contributed by atoms with Gasteiger partial charge in [-0.1, -0.05) is 36.4 Å². The maximum absolute atomic E-state index is 5.45. The predicted molar refractivity (Wildman–Crippen MR) is 101 cm³/mol. The van der Waals surface area contributed by atoms with Crippen LogP contribution in [0, 0.1) is 4.77 Å². The highest BCUT2D eigenvalue weighted by Crippen LogP contribution is 2.23. The van der Waals surface area contributed by atoms with Crippen LogP contribution in [-0.2, 0) is 13.1 Å². The Kier molecular flexibility index (Phi) is 4.60. The van der Waals surface area contributed by atoms with Gasteiger partial charge in [-0.2, -0.15) is 4.98 Å². The average molecular weight is 357 g/mol. The molecule has 4 rings (SSSR count). The molecule has 0 spiro atoms. The van der Waals surface area contributed by atoms with Crippen molar-refractivity contribution in [2.75, 3.05) is 6.54 Å². The standard InChI is InChI=1S/C18H20N4S2/c23-18-19-17(16-9-5-11-24-16)20-22(18)13-21-10-4-8-15(21)12-14-6-2-1-3-7-14/h1-3,5-7,9,11,15H,4,8,10,12-13H2,(H,19,20,23). The Morgan fingerprint density at radius 3 is 2.88 bits per heavy atom. The second kappa shape index (κ2) is 7.01. The van der Waals surface area contributed by atoms with Gasteiger partial charge in [-0.25, -0.2) is 4.68 Å². The number of aromatic nitrogens is 3. The Balaban J connectivity index is 1.49. The molecule has 1 N–H and O–H groups in total. The zero-order valence-corrected chi connectivity index (χ0v) is 15.0. The van der Waals surface area contributed by atoms with Crippen LogP contribution in [-0.4, -0.2) is 32.3 Å². The quantitative estimate of drug-likeness (QED) is 0.691. The maximum atomic E-state index is 5.45. The van der Waals surface area contributed by atoms with Crippen molar-refractivity contribution in [2.45, 2.75) is 32.0 Å². The van der Waals surface area contributed by atoms with E-state index in [1.807, 2.05) is 10.7 Å². The first-order valence-corrected chi connectivity index (χ1v) is 9.57. The molecule has 124 valence electrons. The number of thiophene rings is 1. The summed E-state index contributed by atoms with van der Waals surface area (Å²) in [4.78, 5) is 8.15. The summed E-state index contributed by atoms with van der Waals surface area (Å²) in [6, 6.07) is 15.4. The Bertz CT molecular complexity index is 836. The van der Waals surface area contributed by atoms with E-state index in [2.05, 4.69) is 56.8 Å². The summed E-state index contributed by atoms with van der Waals surface area (Å²) in [6.45, 7) is 1.90. The number of hydrogen-bond donors (Lipinski definition) is 1. The molecular formula is C18H20N4S2. The molecule has 6 heteroatoms. The van der Waals surface area contributed by atoms with Gasteiger partial charge in [-0.15, -0.1) is 11.3 Å². The van der Waals surface area contributed by atoms with E-state index >= 15 is 0 Å². The monoisotopic (exact) mass is 356 g/mol. The minimum Gasteiger partial charge on any atom is -0.281 e. The highest BCUT2D eigenvalue weighted by atomic mass is 32.1. The molecule has 4 nitrogen and oxygen atoms in total. The third-order valence-corrected chi connectivity index (χ3v) is 5.76. The van der Waals surface area contributed by atoms with Crippen LogP contribution in [0.5, 0.6) is 0 Å². The van der Waals surface area contributed by atoms with Gasteiger partial charge in [0.05, 0.1) is 11.5 Å². The Labute approximate surface area is 150 Å². The lowest BCUT2D eigenvalue weighted by Gasteiger charge is -2.24. The first-order valence-electron chi connectivity index (χ1n) is 8.28. The number of nitrogens with zero attached hydrogens (tertiary/aromatic N) is 3. The second-order valence-electron chi connectivity index (χ2n) is 6.20. The molecule has 0 aliphatic carbocycles. The van der Waals surface area contributed by atoms with Gasteiger partial charge in [0.15, 0.2) is 5.82 Å². The fraction of sp³-hybridized carbons (Fsp3) is 0.333. The lowest BCUT2D eigenvalue weighted by molar-refractivity contribution is 0.188. The van der Waals surface area contributed by atoms with Crippen LogP contribution in [0.25, 0.3) is 10.7 Å². The molecule has 1 unspecified atom stereocenters. The van der Waals surface area contributed by atoms with Gasteiger partial charge in [0.25, 0.3) is 0 Å². The first-order chi connectivity index (χ1) is 11.8. The van der Waals surface area contributed by atoms with Crippen molar-refractivity contribution >= 4 is 23.6 Å². The SMILES string of the molecule is S=c1nc(-c2cccs2)[nH]n1CN1CCCC1Cc1ccccc1. The summed E-state index contributed by atoms with van der Waals surface area (Å²) in [5.41, 5.74) is 1.40. The van der Waals surface area contributed by atoms with Gasteiger partial charge in [-0.3, -0.25) is 10.00 Å². The summed E-state index contributed by atoms with van der Waals surface area (Å²) in [5, 5.41) is 5.42. The predicted octanol–water partition coefficient (Wildman–Crippen LogP) is 4.33. The van der Waals surface area contributed by atoms with Crippen molar-refractivity contribution in [3.8, 4) is 10.7 Å². The van der Waals surface area contributed by atoms with E-state index < -0.39 is 0 Å². The van der Waals surface area contributed by atoms with Gasteiger partial charge < -0.3 is 0 Å². The number of benzene rings is 1. The Morgan fingerprint density at radius 1 is 1.21 bits per heavy atom. The van der Waals surface area contributed by atoms with Crippen LogP contribution in [0.3, 0.4) is 0 Å². The molecule has 2 aromatic heterocycles. The number of rotatable bonds is 5. The third-order valence-electron chi connectivity index (χ3n) is 4.57. The molecule has 1 aliphatic rings. The largest absolute Gasteiger partial charge is 0.281 e. The summed E-state index contributed by atoms with van der Waals surface area (Å²) < 4.78 is 2.62. The van der Waals surface area contributed by atoms with Crippen LogP contribution >= 0.6 is 23.6 Å². The van der Waals surface area contributed by atoms with Crippen molar-refractivity contribution < 1.29 is 0 Å². The summed E-state index contributed by atoms with van der Waals surface area (Å²) in [5.74, 6) is 0.869. The molecule has 24 heavy (non-hydrogen) atoms. The molecular weight excluding hydrogens is 336 g/mol. The van der Waals surface area contributed by atoms with E-state index in [1.165, 1.54) is 18.4 Å². The van der Waals surface area contributed by atoms with Crippen LogP contribution in [0.1, 0.15) is 18.4 Å². The lowest BCUT2D eigenvalue weighted by Crippen LogP contribution is -2.33. The van der Waals surface area contributed by atoms with Gasteiger partial charge in [0.1, 0.15) is 0 Å². The Morgan fingerprint density at radius 2 is 2.08 bits per heavy atom. The highest BCUT2D eigenvalue weighted by molar-refractivity contribution is 7.71. The van der Waals surface area contributed by atoms with Crippen LogP contribution in [0.15, 0.2) is 47.8 Å². The molecule has 0 bridgehead atoms. The molecule has 1 aromatic carbocycles. The maximum Gasteiger partial charge on any atom is 0.217 e. The molecule has 3 aromatic rings. The topological polar surface area (TPSA) is 36.9 Å². The molecule has 1 fully saturated rings. The number of likely N-dealkylation sites (tertiary alicyclic amines) is 1. The van der Waals surface area contributed by atoms with E-state index in [1.54, 1.807) is 11.3 Å². The lowest BCUT2D eigenvalue weighted by atomic mass is 10.0. The van der Waals surface area contributed by atoms with E-state index in [0.717, 1.165) is 30.3 Å². The van der Waals surface area contributed by atoms with Crippen LogP contribution in [0.2, 0.25) is 0 Å². The van der Waals surface area contributed by atoms with E-state index in [0.29, 0.717) is 10.8 Å². The summed E-state index contributed by atoms with van der Waals surface area (Å²) in [7, 11) is 0. The third kappa shape index (κ3) is 3.36. The minimum atomic E-state index is 0.572. The van der Waals surface area contributed by atoms with Crippen molar-refractivity contribution in [1.82, 2.24) is 19.7 Å². The van der Waals surface area contributed by atoms with Gasteiger partial charge >= 0.3 is 0 Å².